The van der Waals surface area contributed by atoms with Crippen LogP contribution in [0, 0.1) is 0 Å². The summed E-state index contributed by atoms with van der Waals surface area (Å²) in [7, 11) is 1.60. The molecule has 6 nitrogen and oxygen atoms in total. The Morgan fingerprint density at radius 2 is 2.09 bits per heavy atom. The van der Waals surface area contributed by atoms with Crippen LogP contribution in [0.4, 0.5) is 0 Å². The number of nitrogens with one attached hydrogen (secondary N) is 2. The molecule has 0 radical (unpaired) electrons. The van der Waals surface area contributed by atoms with E-state index < -0.39 is 0 Å². The van der Waals surface area contributed by atoms with E-state index in [0.29, 0.717) is 19.0 Å². The van der Waals surface area contributed by atoms with E-state index >= 15 is 0 Å². The maximum absolute atomic E-state index is 5.04. The molecule has 0 saturated carbocycles. The molecular formula is C16H21N5O. The van der Waals surface area contributed by atoms with Crippen molar-refractivity contribution in [2.75, 3.05) is 13.7 Å². The van der Waals surface area contributed by atoms with E-state index in [-0.39, 0.29) is 0 Å². The minimum absolute atomic E-state index is 0.550. The summed E-state index contributed by atoms with van der Waals surface area (Å²) in [5.74, 6) is 1.36. The van der Waals surface area contributed by atoms with Gasteiger partial charge in [-0.25, -0.2) is 9.98 Å². The molecule has 0 aliphatic heterocycles. The zero-order valence-electron chi connectivity index (χ0n) is 12.9. The third-order valence-electron chi connectivity index (χ3n) is 2.93. The van der Waals surface area contributed by atoms with Gasteiger partial charge in [0.1, 0.15) is 0 Å². The van der Waals surface area contributed by atoms with Gasteiger partial charge in [-0.2, -0.15) is 0 Å². The summed E-state index contributed by atoms with van der Waals surface area (Å²) in [6.07, 6.45) is 3.55. The van der Waals surface area contributed by atoms with Gasteiger partial charge in [-0.1, -0.05) is 12.1 Å². The second-order valence-electron chi connectivity index (χ2n) is 4.58. The van der Waals surface area contributed by atoms with Crippen LogP contribution < -0.4 is 15.4 Å². The molecule has 2 aromatic heterocycles. The highest BCUT2D eigenvalue weighted by Crippen LogP contribution is 2.07. The lowest BCUT2D eigenvalue weighted by molar-refractivity contribution is 0.397. The van der Waals surface area contributed by atoms with E-state index in [1.54, 1.807) is 19.5 Å². The average molecular weight is 299 g/mol. The largest absolute Gasteiger partial charge is 0.481 e. The summed E-state index contributed by atoms with van der Waals surface area (Å²) >= 11 is 0. The lowest BCUT2D eigenvalue weighted by Crippen LogP contribution is -2.37. The van der Waals surface area contributed by atoms with E-state index in [2.05, 4.69) is 25.6 Å². The third-order valence-corrected chi connectivity index (χ3v) is 2.93. The number of hydrogen-bond acceptors (Lipinski definition) is 4. The molecule has 0 unspecified atom stereocenters. The molecule has 0 bridgehead atoms. The van der Waals surface area contributed by atoms with Crippen molar-refractivity contribution in [1.82, 2.24) is 20.6 Å². The van der Waals surface area contributed by atoms with Gasteiger partial charge in [-0.05, 0) is 24.6 Å². The van der Waals surface area contributed by atoms with E-state index in [9.17, 15) is 0 Å². The molecule has 0 atom stereocenters. The third kappa shape index (κ3) is 5.05. The van der Waals surface area contributed by atoms with Crippen LogP contribution in [0.2, 0.25) is 0 Å². The molecule has 2 aromatic rings. The Kier molecular flexibility index (Phi) is 6.17. The van der Waals surface area contributed by atoms with Crippen molar-refractivity contribution in [3.8, 4) is 5.88 Å². The van der Waals surface area contributed by atoms with E-state index in [1.165, 1.54) is 0 Å². The number of nitrogens with zero attached hydrogens (tertiary/aromatic N) is 3. The highest BCUT2D eigenvalue weighted by Gasteiger charge is 2.00. The molecule has 22 heavy (non-hydrogen) atoms. The Morgan fingerprint density at radius 1 is 1.18 bits per heavy atom. The molecule has 116 valence electrons. The van der Waals surface area contributed by atoms with Crippen molar-refractivity contribution in [3.63, 3.8) is 0 Å². The van der Waals surface area contributed by atoms with Crippen LogP contribution in [-0.2, 0) is 13.1 Å². The van der Waals surface area contributed by atoms with Gasteiger partial charge in [0, 0.05) is 25.0 Å². The predicted molar refractivity (Wildman–Crippen MR) is 86.7 cm³/mol. The first-order valence-electron chi connectivity index (χ1n) is 7.23. The van der Waals surface area contributed by atoms with Crippen LogP contribution in [0.25, 0.3) is 0 Å². The quantitative estimate of drug-likeness (QED) is 0.628. The molecule has 0 amide bonds. The lowest BCUT2D eigenvalue weighted by atomic mass is 10.3. The summed E-state index contributed by atoms with van der Waals surface area (Å²) in [4.78, 5) is 13.0. The van der Waals surface area contributed by atoms with Gasteiger partial charge in [0.2, 0.25) is 5.88 Å². The summed E-state index contributed by atoms with van der Waals surface area (Å²) in [5.41, 5.74) is 2.00. The summed E-state index contributed by atoms with van der Waals surface area (Å²) in [5, 5.41) is 6.47. The normalized spacial score (nSPS) is 11.1. The Hall–Kier alpha value is -2.63. The van der Waals surface area contributed by atoms with Crippen molar-refractivity contribution in [2.24, 2.45) is 4.99 Å². The zero-order chi connectivity index (χ0) is 15.6. The number of aliphatic imine (C=N–C) groups is 1. The van der Waals surface area contributed by atoms with Crippen LogP contribution in [-0.4, -0.2) is 29.6 Å². The molecule has 0 spiro atoms. The van der Waals surface area contributed by atoms with E-state index in [1.807, 2.05) is 37.3 Å². The van der Waals surface area contributed by atoms with Crippen LogP contribution in [0.5, 0.6) is 5.88 Å². The number of methoxy groups -OCH3 is 1. The number of aromatic nitrogens is 2. The SMILES string of the molecule is CCNC(=NCc1ccc(OC)nc1)NCc1ccccn1. The standard InChI is InChI=1S/C16H21N5O/c1-3-17-16(21-12-14-6-4-5-9-18-14)20-11-13-7-8-15(22-2)19-10-13/h4-10H,3,11-12H2,1-2H3,(H2,17,20,21). The van der Waals surface area contributed by atoms with E-state index in [4.69, 9.17) is 4.74 Å². The van der Waals surface area contributed by atoms with Crippen molar-refractivity contribution >= 4 is 5.96 Å². The van der Waals surface area contributed by atoms with Crippen LogP contribution >= 0.6 is 0 Å². The number of ether oxygens (including phenoxy) is 1. The van der Waals surface area contributed by atoms with Gasteiger partial charge < -0.3 is 15.4 Å². The Bertz CT molecular complexity index is 583. The van der Waals surface area contributed by atoms with Crippen molar-refractivity contribution in [3.05, 3.63) is 54.0 Å². The molecule has 0 saturated heterocycles. The fourth-order valence-corrected chi connectivity index (χ4v) is 1.81. The van der Waals surface area contributed by atoms with Gasteiger partial charge in [0.05, 0.1) is 25.9 Å². The Labute approximate surface area is 130 Å². The fraction of sp³-hybridized carbons (Fsp3) is 0.312. The number of rotatable bonds is 6. The molecule has 0 fully saturated rings. The van der Waals surface area contributed by atoms with Crippen LogP contribution in [0.1, 0.15) is 18.2 Å². The van der Waals surface area contributed by atoms with Crippen LogP contribution in [0.3, 0.4) is 0 Å². The smallest absolute Gasteiger partial charge is 0.212 e. The number of hydrogen-bond donors (Lipinski definition) is 2. The molecule has 0 aliphatic carbocycles. The maximum Gasteiger partial charge on any atom is 0.212 e. The highest BCUT2D eigenvalue weighted by molar-refractivity contribution is 5.79. The van der Waals surface area contributed by atoms with Crippen molar-refractivity contribution in [2.45, 2.75) is 20.0 Å². The second-order valence-corrected chi connectivity index (χ2v) is 4.58. The predicted octanol–water partition coefficient (Wildman–Crippen LogP) is 1.74. The first kappa shape index (κ1) is 15.8. The topological polar surface area (TPSA) is 71.4 Å². The molecule has 6 heteroatoms. The maximum atomic E-state index is 5.04. The molecule has 2 rings (SSSR count). The van der Waals surface area contributed by atoms with Crippen LogP contribution in [0.15, 0.2) is 47.7 Å². The lowest BCUT2D eigenvalue weighted by Gasteiger charge is -2.11. The summed E-state index contributed by atoms with van der Waals surface area (Å²) < 4.78 is 5.04. The van der Waals surface area contributed by atoms with Gasteiger partial charge in [-0.3, -0.25) is 4.98 Å². The minimum Gasteiger partial charge on any atom is -0.481 e. The van der Waals surface area contributed by atoms with Crippen molar-refractivity contribution < 1.29 is 4.74 Å². The molecule has 2 heterocycles. The van der Waals surface area contributed by atoms with Gasteiger partial charge >= 0.3 is 0 Å². The molecule has 2 N–H and O–H groups in total. The molecule has 0 aromatic carbocycles. The highest BCUT2D eigenvalue weighted by atomic mass is 16.5. The summed E-state index contributed by atoms with van der Waals surface area (Å²) in [6.45, 7) is 4.02. The summed E-state index contributed by atoms with van der Waals surface area (Å²) in [6, 6.07) is 9.64. The van der Waals surface area contributed by atoms with Gasteiger partial charge in [-0.15, -0.1) is 0 Å². The van der Waals surface area contributed by atoms with Gasteiger partial charge in [0.25, 0.3) is 0 Å². The first-order valence-corrected chi connectivity index (χ1v) is 7.23. The Balaban J connectivity index is 1.93. The zero-order valence-corrected chi connectivity index (χ0v) is 12.9. The van der Waals surface area contributed by atoms with Gasteiger partial charge in [0.15, 0.2) is 5.96 Å². The number of pyridine rings is 2. The average Bonchev–Trinajstić information content (AvgIpc) is 2.59. The number of guanidine groups is 1. The molecule has 0 aliphatic rings. The van der Waals surface area contributed by atoms with E-state index in [0.717, 1.165) is 23.8 Å². The second kappa shape index (κ2) is 8.61. The molecular weight excluding hydrogens is 278 g/mol. The first-order chi connectivity index (χ1) is 10.8. The van der Waals surface area contributed by atoms with Crippen molar-refractivity contribution in [1.29, 1.82) is 0 Å². The Morgan fingerprint density at radius 3 is 2.73 bits per heavy atom. The monoisotopic (exact) mass is 299 g/mol. The fourth-order valence-electron chi connectivity index (χ4n) is 1.81. The minimum atomic E-state index is 0.550.